The van der Waals surface area contributed by atoms with E-state index >= 15 is 0 Å². The number of aryl methyl sites for hydroxylation is 1. The van der Waals surface area contributed by atoms with E-state index in [0.717, 1.165) is 23.4 Å². The highest BCUT2D eigenvalue weighted by Gasteiger charge is 2.05. The van der Waals surface area contributed by atoms with E-state index in [1.165, 1.54) is 0 Å². The van der Waals surface area contributed by atoms with Crippen LogP contribution in [0.4, 0.5) is 0 Å². The van der Waals surface area contributed by atoms with Gasteiger partial charge in [-0.2, -0.15) is 0 Å². The second-order valence-electron chi connectivity index (χ2n) is 3.26. The molecule has 0 amide bonds. The first kappa shape index (κ1) is 9.99. The maximum atomic E-state index is 10.6. The van der Waals surface area contributed by atoms with Crippen molar-refractivity contribution < 1.29 is 9.21 Å². The summed E-state index contributed by atoms with van der Waals surface area (Å²) in [5.41, 5.74) is 1.36. The van der Waals surface area contributed by atoms with Crippen LogP contribution in [0.1, 0.15) is 16.1 Å². The minimum Gasteiger partial charge on any atom is -0.461 e. The van der Waals surface area contributed by atoms with Gasteiger partial charge in [0.15, 0.2) is 6.29 Å². The third-order valence-corrected chi connectivity index (χ3v) is 2.48. The zero-order valence-electron chi connectivity index (χ0n) is 8.16. The Labute approximate surface area is 92.5 Å². The van der Waals surface area contributed by atoms with Gasteiger partial charge in [0.25, 0.3) is 0 Å². The summed E-state index contributed by atoms with van der Waals surface area (Å²) in [4.78, 5) is 10.6. The minimum absolute atomic E-state index is 0.441. The van der Waals surface area contributed by atoms with Crippen molar-refractivity contribution in [1.29, 1.82) is 0 Å². The lowest BCUT2D eigenvalue weighted by Crippen LogP contribution is -1.82. The van der Waals surface area contributed by atoms with Gasteiger partial charge in [-0.15, -0.1) is 0 Å². The van der Waals surface area contributed by atoms with E-state index in [1.54, 1.807) is 12.1 Å². The highest BCUT2D eigenvalue weighted by atomic mass is 35.5. The van der Waals surface area contributed by atoms with Crippen LogP contribution in [0.15, 0.2) is 34.7 Å². The molecule has 0 unspecified atom stereocenters. The highest BCUT2D eigenvalue weighted by molar-refractivity contribution is 6.33. The molecule has 0 fully saturated rings. The molecule has 0 aliphatic heterocycles. The Morgan fingerprint density at radius 2 is 2.07 bits per heavy atom. The lowest BCUT2D eigenvalue weighted by Gasteiger charge is -1.99. The minimum atomic E-state index is 0.441. The Kier molecular flexibility index (Phi) is 2.60. The van der Waals surface area contributed by atoms with Crippen molar-refractivity contribution in [1.82, 2.24) is 0 Å². The molecule has 2 rings (SSSR count). The number of halogens is 1. The van der Waals surface area contributed by atoms with Crippen LogP contribution < -0.4 is 0 Å². The van der Waals surface area contributed by atoms with Crippen LogP contribution in [0.5, 0.6) is 0 Å². The van der Waals surface area contributed by atoms with Gasteiger partial charge in [0.2, 0.25) is 0 Å². The van der Waals surface area contributed by atoms with E-state index in [-0.39, 0.29) is 0 Å². The lowest BCUT2D eigenvalue weighted by molar-refractivity contribution is 0.112. The van der Waals surface area contributed by atoms with Gasteiger partial charge >= 0.3 is 0 Å². The van der Waals surface area contributed by atoms with Gasteiger partial charge in [0, 0.05) is 11.1 Å². The van der Waals surface area contributed by atoms with Gasteiger partial charge < -0.3 is 4.42 Å². The van der Waals surface area contributed by atoms with Crippen LogP contribution in [-0.4, -0.2) is 6.29 Å². The summed E-state index contributed by atoms with van der Waals surface area (Å²) in [5, 5.41) is 0.441. The molecule has 0 spiro atoms. The second kappa shape index (κ2) is 3.91. The summed E-state index contributed by atoms with van der Waals surface area (Å²) in [6.45, 7) is 1.88. The summed E-state index contributed by atoms with van der Waals surface area (Å²) in [6.07, 6.45) is 0.736. The van der Waals surface area contributed by atoms with Crippen LogP contribution in [0.2, 0.25) is 5.02 Å². The molecular weight excluding hydrogens is 212 g/mol. The standard InChI is InChI=1S/C12H9ClO2/c1-8-2-5-12(15-8)9-3-4-10(7-14)11(13)6-9/h2-7H,1H3. The number of aldehydes is 1. The summed E-state index contributed by atoms with van der Waals surface area (Å²) >= 11 is 5.91. The SMILES string of the molecule is Cc1ccc(-c2ccc(C=O)c(Cl)c2)o1. The Bertz CT molecular complexity index is 500. The molecule has 1 heterocycles. The Hall–Kier alpha value is -1.54. The number of benzene rings is 1. The van der Waals surface area contributed by atoms with Crippen molar-refractivity contribution in [3.8, 4) is 11.3 Å². The van der Waals surface area contributed by atoms with Gasteiger partial charge in [-0.05, 0) is 31.2 Å². The fourth-order valence-corrected chi connectivity index (χ4v) is 1.59. The zero-order chi connectivity index (χ0) is 10.8. The third-order valence-electron chi connectivity index (χ3n) is 2.15. The van der Waals surface area contributed by atoms with E-state index in [0.29, 0.717) is 10.6 Å². The predicted molar refractivity (Wildman–Crippen MR) is 59.3 cm³/mol. The van der Waals surface area contributed by atoms with Crippen LogP contribution in [0.25, 0.3) is 11.3 Å². The second-order valence-corrected chi connectivity index (χ2v) is 3.67. The van der Waals surface area contributed by atoms with Crippen LogP contribution in [0, 0.1) is 6.92 Å². The Morgan fingerprint density at radius 3 is 2.60 bits per heavy atom. The van der Waals surface area contributed by atoms with Crippen molar-refractivity contribution in [2.45, 2.75) is 6.92 Å². The van der Waals surface area contributed by atoms with Crippen LogP contribution in [-0.2, 0) is 0 Å². The van der Waals surface area contributed by atoms with Gasteiger partial charge in [0.05, 0.1) is 5.02 Å². The normalized spacial score (nSPS) is 10.3. The van der Waals surface area contributed by atoms with Crippen LogP contribution >= 0.6 is 11.6 Å². The maximum absolute atomic E-state index is 10.6. The number of furan rings is 1. The average Bonchev–Trinajstić information content (AvgIpc) is 2.65. The van der Waals surface area contributed by atoms with Crippen LogP contribution in [0.3, 0.4) is 0 Å². The monoisotopic (exact) mass is 220 g/mol. The molecule has 0 saturated heterocycles. The lowest BCUT2D eigenvalue weighted by atomic mass is 10.1. The van der Waals surface area contributed by atoms with Crippen molar-refractivity contribution in [3.63, 3.8) is 0 Å². The average molecular weight is 221 g/mol. The molecule has 2 aromatic rings. The molecule has 0 atom stereocenters. The highest BCUT2D eigenvalue weighted by Crippen LogP contribution is 2.26. The fourth-order valence-electron chi connectivity index (χ4n) is 1.37. The molecule has 0 aliphatic rings. The molecule has 2 nitrogen and oxygen atoms in total. The molecule has 0 N–H and O–H groups in total. The first-order valence-electron chi connectivity index (χ1n) is 4.52. The third kappa shape index (κ3) is 1.95. The summed E-state index contributed by atoms with van der Waals surface area (Å²) in [5.74, 6) is 1.60. The number of hydrogen-bond acceptors (Lipinski definition) is 2. The quantitative estimate of drug-likeness (QED) is 0.722. The summed E-state index contributed by atoms with van der Waals surface area (Å²) < 4.78 is 5.45. The topological polar surface area (TPSA) is 30.2 Å². The number of hydrogen-bond donors (Lipinski definition) is 0. The van der Waals surface area contributed by atoms with E-state index < -0.39 is 0 Å². The Balaban J connectivity index is 2.46. The first-order chi connectivity index (χ1) is 7.20. The molecule has 76 valence electrons. The van der Waals surface area contributed by atoms with Gasteiger partial charge in [-0.1, -0.05) is 17.7 Å². The zero-order valence-corrected chi connectivity index (χ0v) is 8.91. The molecule has 0 aliphatic carbocycles. The number of carbonyl (C=O) groups is 1. The summed E-state index contributed by atoms with van der Waals surface area (Å²) in [7, 11) is 0. The molecule has 0 bridgehead atoms. The number of carbonyl (C=O) groups excluding carboxylic acids is 1. The molecular formula is C12H9ClO2. The van der Waals surface area contributed by atoms with Crippen molar-refractivity contribution in [3.05, 3.63) is 46.7 Å². The van der Waals surface area contributed by atoms with Crippen molar-refractivity contribution in [2.75, 3.05) is 0 Å². The molecule has 15 heavy (non-hydrogen) atoms. The fraction of sp³-hybridized carbons (Fsp3) is 0.0833. The van der Waals surface area contributed by atoms with Gasteiger partial charge in [-0.3, -0.25) is 4.79 Å². The first-order valence-corrected chi connectivity index (χ1v) is 4.90. The maximum Gasteiger partial charge on any atom is 0.151 e. The van der Waals surface area contributed by atoms with Crippen molar-refractivity contribution in [2.24, 2.45) is 0 Å². The summed E-state index contributed by atoms with van der Waals surface area (Å²) in [6, 6.07) is 8.98. The molecule has 0 radical (unpaired) electrons. The number of rotatable bonds is 2. The van der Waals surface area contributed by atoms with Gasteiger partial charge in [-0.25, -0.2) is 0 Å². The molecule has 3 heteroatoms. The van der Waals surface area contributed by atoms with Crippen molar-refractivity contribution >= 4 is 17.9 Å². The largest absolute Gasteiger partial charge is 0.461 e. The smallest absolute Gasteiger partial charge is 0.151 e. The van der Waals surface area contributed by atoms with E-state index in [2.05, 4.69) is 0 Å². The molecule has 0 saturated carbocycles. The van der Waals surface area contributed by atoms with E-state index in [1.807, 2.05) is 25.1 Å². The molecule has 1 aromatic heterocycles. The van der Waals surface area contributed by atoms with Gasteiger partial charge in [0.1, 0.15) is 11.5 Å². The Morgan fingerprint density at radius 1 is 1.27 bits per heavy atom. The van der Waals surface area contributed by atoms with E-state index in [4.69, 9.17) is 16.0 Å². The molecule has 1 aromatic carbocycles. The predicted octanol–water partition coefficient (Wildman–Crippen LogP) is 3.72. The van der Waals surface area contributed by atoms with E-state index in [9.17, 15) is 4.79 Å².